The number of aryl methyl sites for hydroxylation is 1. The summed E-state index contributed by atoms with van der Waals surface area (Å²) in [5.74, 6) is 0.787. The Balaban J connectivity index is 2.50. The van der Waals surface area contributed by atoms with Crippen LogP contribution in [0, 0.1) is 6.92 Å². The van der Waals surface area contributed by atoms with Crippen molar-refractivity contribution in [2.75, 3.05) is 0 Å². The zero-order valence-electron chi connectivity index (χ0n) is 6.24. The Morgan fingerprint density at radius 3 is 2.83 bits per heavy atom. The van der Waals surface area contributed by atoms with Crippen LogP contribution in [0.15, 0.2) is 16.9 Å². The third kappa shape index (κ3) is 1.23. The molecule has 0 saturated carbocycles. The van der Waals surface area contributed by atoms with Crippen molar-refractivity contribution in [2.24, 2.45) is 0 Å². The van der Waals surface area contributed by atoms with E-state index in [2.05, 4.69) is 10.1 Å². The molecular weight excluding hydrogens is 196 g/mol. The van der Waals surface area contributed by atoms with Gasteiger partial charge in [0.05, 0.1) is 16.6 Å². The molecule has 0 radical (unpaired) electrons. The number of rotatable bonds is 1. The van der Waals surface area contributed by atoms with Crippen LogP contribution < -0.4 is 0 Å². The second kappa shape index (κ2) is 2.88. The van der Waals surface area contributed by atoms with Crippen molar-refractivity contribution in [1.82, 2.24) is 10.1 Å². The molecule has 0 atom stereocenters. The van der Waals surface area contributed by atoms with Gasteiger partial charge in [-0.3, -0.25) is 0 Å². The molecule has 0 aliphatic rings. The second-order valence-electron chi connectivity index (χ2n) is 2.27. The molecule has 0 fully saturated rings. The summed E-state index contributed by atoms with van der Waals surface area (Å²) in [6.07, 6.45) is 3.38. The average molecular weight is 201 g/mol. The van der Waals surface area contributed by atoms with Gasteiger partial charge in [-0.05, 0) is 6.92 Å². The highest BCUT2D eigenvalue weighted by Gasteiger charge is 2.08. The molecule has 0 aromatic carbocycles. The number of thiazole rings is 1. The monoisotopic (exact) mass is 200 g/mol. The lowest BCUT2D eigenvalue weighted by Gasteiger charge is -1.87. The van der Waals surface area contributed by atoms with Gasteiger partial charge in [0.1, 0.15) is 5.76 Å². The maximum absolute atomic E-state index is 5.69. The van der Waals surface area contributed by atoms with E-state index in [0.29, 0.717) is 4.47 Å². The molecule has 62 valence electrons. The maximum Gasteiger partial charge on any atom is 0.184 e. The summed E-state index contributed by atoms with van der Waals surface area (Å²) in [5.41, 5.74) is 0.958. The van der Waals surface area contributed by atoms with E-state index in [9.17, 15) is 0 Å². The van der Waals surface area contributed by atoms with Crippen molar-refractivity contribution in [3.8, 4) is 10.4 Å². The molecule has 0 aliphatic heterocycles. The van der Waals surface area contributed by atoms with E-state index >= 15 is 0 Å². The molecule has 0 spiro atoms. The number of hydrogen-bond donors (Lipinski definition) is 0. The van der Waals surface area contributed by atoms with E-state index < -0.39 is 0 Å². The van der Waals surface area contributed by atoms with Gasteiger partial charge in [-0.1, -0.05) is 16.8 Å². The Morgan fingerprint density at radius 2 is 2.33 bits per heavy atom. The highest BCUT2D eigenvalue weighted by Crippen LogP contribution is 2.30. The summed E-state index contributed by atoms with van der Waals surface area (Å²) in [5, 5.41) is 3.67. The van der Waals surface area contributed by atoms with Crippen LogP contribution in [0.3, 0.4) is 0 Å². The van der Waals surface area contributed by atoms with Crippen molar-refractivity contribution in [3.63, 3.8) is 0 Å². The third-order valence-electron chi connectivity index (χ3n) is 1.49. The third-order valence-corrected chi connectivity index (χ3v) is 2.64. The van der Waals surface area contributed by atoms with Crippen LogP contribution in [0.2, 0.25) is 4.47 Å². The van der Waals surface area contributed by atoms with Gasteiger partial charge in [-0.15, -0.1) is 11.3 Å². The predicted octanol–water partition coefficient (Wildman–Crippen LogP) is 2.76. The summed E-state index contributed by atoms with van der Waals surface area (Å²) in [6, 6.07) is 0. The molecule has 0 amide bonds. The lowest BCUT2D eigenvalue weighted by Crippen LogP contribution is -1.69. The maximum atomic E-state index is 5.69. The zero-order chi connectivity index (χ0) is 8.55. The van der Waals surface area contributed by atoms with Crippen molar-refractivity contribution < 1.29 is 4.52 Å². The summed E-state index contributed by atoms with van der Waals surface area (Å²) in [7, 11) is 0. The van der Waals surface area contributed by atoms with Crippen LogP contribution in [0.5, 0.6) is 0 Å². The number of nitrogens with zero attached hydrogens (tertiary/aromatic N) is 2. The Morgan fingerprint density at radius 1 is 1.50 bits per heavy atom. The van der Waals surface area contributed by atoms with Crippen LogP contribution in [0.1, 0.15) is 5.76 Å². The summed E-state index contributed by atoms with van der Waals surface area (Å²) < 4.78 is 5.45. The highest BCUT2D eigenvalue weighted by atomic mass is 35.5. The first-order valence-electron chi connectivity index (χ1n) is 3.30. The number of halogens is 1. The van der Waals surface area contributed by atoms with Gasteiger partial charge in [0.25, 0.3) is 0 Å². The Bertz CT molecular complexity index is 396. The van der Waals surface area contributed by atoms with E-state index in [-0.39, 0.29) is 0 Å². The van der Waals surface area contributed by atoms with Gasteiger partial charge in [0, 0.05) is 6.20 Å². The average Bonchev–Trinajstić information content (AvgIpc) is 2.58. The Kier molecular flexibility index (Phi) is 1.86. The first-order chi connectivity index (χ1) is 5.77. The van der Waals surface area contributed by atoms with Gasteiger partial charge >= 0.3 is 0 Å². The van der Waals surface area contributed by atoms with Crippen LogP contribution >= 0.6 is 22.9 Å². The Hall–Kier alpha value is -0.870. The molecule has 3 nitrogen and oxygen atoms in total. The van der Waals surface area contributed by atoms with Gasteiger partial charge in [0.2, 0.25) is 0 Å². The molecule has 2 rings (SSSR count). The quantitative estimate of drug-likeness (QED) is 0.711. The molecule has 2 aromatic rings. The van der Waals surface area contributed by atoms with Gasteiger partial charge in [0.15, 0.2) is 4.47 Å². The fraction of sp³-hybridized carbons (Fsp3) is 0.143. The Labute approximate surface area is 78.0 Å². The molecule has 0 saturated heterocycles. The fourth-order valence-electron chi connectivity index (χ4n) is 0.913. The summed E-state index contributed by atoms with van der Waals surface area (Å²) >= 11 is 7.10. The van der Waals surface area contributed by atoms with Gasteiger partial charge in [-0.2, -0.15) is 0 Å². The van der Waals surface area contributed by atoms with Crippen molar-refractivity contribution in [3.05, 3.63) is 22.6 Å². The molecule has 12 heavy (non-hydrogen) atoms. The van der Waals surface area contributed by atoms with Crippen LogP contribution in [-0.2, 0) is 0 Å². The highest BCUT2D eigenvalue weighted by molar-refractivity contribution is 7.18. The van der Waals surface area contributed by atoms with E-state index in [4.69, 9.17) is 16.1 Å². The molecule has 0 bridgehead atoms. The normalized spacial score (nSPS) is 10.5. The molecule has 0 unspecified atom stereocenters. The first-order valence-corrected chi connectivity index (χ1v) is 4.50. The number of aromatic nitrogens is 2. The lowest BCUT2D eigenvalue weighted by atomic mass is 10.2. The zero-order valence-corrected chi connectivity index (χ0v) is 7.82. The smallest absolute Gasteiger partial charge is 0.184 e. The van der Waals surface area contributed by atoms with E-state index in [0.717, 1.165) is 16.2 Å². The van der Waals surface area contributed by atoms with Crippen LogP contribution in [0.25, 0.3) is 10.4 Å². The predicted molar refractivity (Wildman–Crippen MR) is 47.4 cm³/mol. The minimum Gasteiger partial charge on any atom is -0.361 e. The topological polar surface area (TPSA) is 38.9 Å². The van der Waals surface area contributed by atoms with Gasteiger partial charge in [-0.25, -0.2) is 4.98 Å². The standard InChI is InChI=1S/C7H5ClN2OS/c1-4-5(2-10-11-4)6-3-9-7(8)12-6/h2-3H,1H3. The minimum absolute atomic E-state index is 0.533. The first kappa shape index (κ1) is 7.76. The molecule has 2 aromatic heterocycles. The van der Waals surface area contributed by atoms with Gasteiger partial charge < -0.3 is 4.52 Å². The van der Waals surface area contributed by atoms with E-state index in [1.54, 1.807) is 12.4 Å². The second-order valence-corrected chi connectivity index (χ2v) is 3.89. The summed E-state index contributed by atoms with van der Waals surface area (Å²) in [6.45, 7) is 1.86. The SMILES string of the molecule is Cc1oncc1-c1cnc(Cl)s1. The van der Waals surface area contributed by atoms with Crippen molar-refractivity contribution >= 4 is 22.9 Å². The molecule has 0 N–H and O–H groups in total. The summed E-state index contributed by atoms with van der Waals surface area (Å²) in [4.78, 5) is 4.91. The molecule has 2 heterocycles. The van der Waals surface area contributed by atoms with Crippen molar-refractivity contribution in [1.29, 1.82) is 0 Å². The molecule has 0 aliphatic carbocycles. The lowest BCUT2D eigenvalue weighted by molar-refractivity contribution is 0.398. The van der Waals surface area contributed by atoms with E-state index in [1.165, 1.54) is 11.3 Å². The molecular formula is C7H5ClN2OS. The van der Waals surface area contributed by atoms with Crippen LogP contribution in [-0.4, -0.2) is 10.1 Å². The van der Waals surface area contributed by atoms with Crippen LogP contribution in [0.4, 0.5) is 0 Å². The van der Waals surface area contributed by atoms with Crippen molar-refractivity contribution in [2.45, 2.75) is 6.92 Å². The largest absolute Gasteiger partial charge is 0.361 e. The number of hydrogen-bond acceptors (Lipinski definition) is 4. The molecule has 5 heteroatoms. The van der Waals surface area contributed by atoms with E-state index in [1.807, 2.05) is 6.92 Å². The fourth-order valence-corrected chi connectivity index (χ4v) is 1.91. The minimum atomic E-state index is 0.533.